The molecule has 1 aliphatic carbocycles. The molecule has 6 heteroatoms. The van der Waals surface area contributed by atoms with Gasteiger partial charge in [-0.05, 0) is 0 Å². The van der Waals surface area contributed by atoms with Gasteiger partial charge in [-0.15, -0.1) is 0 Å². The van der Waals surface area contributed by atoms with Crippen molar-refractivity contribution in [2.45, 2.75) is 6.10 Å². The zero-order valence-corrected chi connectivity index (χ0v) is 8.97. The van der Waals surface area contributed by atoms with Crippen molar-refractivity contribution in [2.24, 2.45) is 0 Å². The van der Waals surface area contributed by atoms with Crippen LogP contribution in [0.15, 0.2) is 23.8 Å². The maximum atomic E-state index is 10.3. The summed E-state index contributed by atoms with van der Waals surface area (Å²) in [6, 6.07) is 0. The van der Waals surface area contributed by atoms with Gasteiger partial charge >= 0.3 is 35.3 Å². The van der Waals surface area contributed by atoms with Gasteiger partial charge in [-0.25, -0.2) is 0 Å². The molecule has 0 fully saturated rings. The SMILES string of the molecule is [N-]=[N+]=C1C=CC=C(C(=O)[O-])C1O.[Na+]. The number of aliphatic hydroxyl groups is 1. The van der Waals surface area contributed by atoms with Gasteiger partial charge in [0.15, 0.2) is 6.10 Å². The average Bonchev–Trinajstić information content (AvgIpc) is 2.04. The molecule has 1 N–H and O–H groups in total. The van der Waals surface area contributed by atoms with Gasteiger partial charge < -0.3 is 20.5 Å². The fourth-order valence-electron chi connectivity index (χ4n) is 0.860. The molecule has 0 heterocycles. The van der Waals surface area contributed by atoms with Crippen molar-refractivity contribution in [3.05, 3.63) is 29.3 Å². The Morgan fingerprint density at radius 1 is 1.69 bits per heavy atom. The molecule has 0 bridgehead atoms. The van der Waals surface area contributed by atoms with E-state index in [1.54, 1.807) is 0 Å². The number of hydrogen-bond acceptors (Lipinski definition) is 3. The summed E-state index contributed by atoms with van der Waals surface area (Å²) in [5.74, 6) is -1.48. The van der Waals surface area contributed by atoms with E-state index in [-0.39, 0.29) is 40.8 Å². The van der Waals surface area contributed by atoms with E-state index in [1.165, 1.54) is 18.2 Å². The van der Waals surface area contributed by atoms with Crippen molar-refractivity contribution < 1.29 is 49.4 Å². The first-order valence-corrected chi connectivity index (χ1v) is 3.16. The molecular formula is C7H5N2NaO3. The Labute approximate surface area is 96.3 Å². The molecule has 1 unspecified atom stereocenters. The van der Waals surface area contributed by atoms with Gasteiger partial charge in [0.2, 0.25) is 0 Å². The smallest absolute Gasteiger partial charge is 0.545 e. The number of allylic oxidation sites excluding steroid dienone is 2. The minimum Gasteiger partial charge on any atom is -0.545 e. The van der Waals surface area contributed by atoms with Crippen LogP contribution in [0.2, 0.25) is 0 Å². The Kier molecular flexibility index (Phi) is 4.83. The van der Waals surface area contributed by atoms with Gasteiger partial charge in [-0.3, -0.25) is 0 Å². The van der Waals surface area contributed by atoms with Crippen molar-refractivity contribution in [1.29, 1.82) is 0 Å². The zero-order chi connectivity index (χ0) is 9.14. The van der Waals surface area contributed by atoms with E-state index in [9.17, 15) is 9.90 Å². The Morgan fingerprint density at radius 3 is 2.77 bits per heavy atom. The predicted octanol–water partition coefficient (Wildman–Crippen LogP) is -4.73. The number of aliphatic carboxylic acids is 1. The second kappa shape index (κ2) is 5.11. The summed E-state index contributed by atoms with van der Waals surface area (Å²) in [5, 5.41) is 19.5. The van der Waals surface area contributed by atoms with E-state index in [2.05, 4.69) is 4.79 Å². The summed E-state index contributed by atoms with van der Waals surface area (Å²) in [6.07, 6.45) is 2.43. The van der Waals surface area contributed by atoms with E-state index >= 15 is 0 Å². The standard InChI is InChI=1S/C7H6N2O3.Na/c8-9-5-3-1-2-4(6(5)10)7(11)12;/h1-3,6,10H,(H,11,12);/q;+1/p-1. The third-order valence-corrected chi connectivity index (χ3v) is 1.47. The Hall–Kier alpha value is -0.710. The second-order valence-electron chi connectivity index (χ2n) is 2.20. The molecule has 62 valence electrons. The summed E-state index contributed by atoms with van der Waals surface area (Å²) >= 11 is 0. The number of hydrogen-bond donors (Lipinski definition) is 1. The zero-order valence-electron chi connectivity index (χ0n) is 6.97. The topological polar surface area (TPSA) is 96.8 Å². The first-order chi connectivity index (χ1) is 5.66. The molecule has 0 saturated heterocycles. The van der Waals surface area contributed by atoms with Gasteiger partial charge in [0, 0.05) is 11.6 Å². The molecule has 0 aromatic rings. The first kappa shape index (κ1) is 12.3. The molecule has 5 nitrogen and oxygen atoms in total. The number of carbonyl (C=O) groups excluding carboxylic acids is 1. The van der Waals surface area contributed by atoms with Crippen LogP contribution in [0.25, 0.3) is 5.53 Å². The van der Waals surface area contributed by atoms with Crippen LogP contribution in [0.1, 0.15) is 0 Å². The molecule has 13 heavy (non-hydrogen) atoms. The van der Waals surface area contributed by atoms with Crippen molar-refractivity contribution in [3.63, 3.8) is 0 Å². The van der Waals surface area contributed by atoms with E-state index in [4.69, 9.17) is 10.6 Å². The predicted molar refractivity (Wildman–Crippen MR) is 36.9 cm³/mol. The molecule has 0 spiro atoms. The van der Waals surface area contributed by atoms with Crippen LogP contribution in [0.4, 0.5) is 0 Å². The van der Waals surface area contributed by atoms with E-state index in [0.29, 0.717) is 0 Å². The van der Waals surface area contributed by atoms with Crippen molar-refractivity contribution >= 4 is 11.7 Å². The van der Waals surface area contributed by atoms with Crippen LogP contribution in [0.5, 0.6) is 0 Å². The number of carboxylic acids is 1. The molecule has 1 rings (SSSR count). The van der Waals surface area contributed by atoms with Crippen LogP contribution in [-0.4, -0.2) is 27.7 Å². The third kappa shape index (κ3) is 2.62. The van der Waals surface area contributed by atoms with Gasteiger partial charge in [0.1, 0.15) is 0 Å². The van der Waals surface area contributed by atoms with Gasteiger partial charge in [-0.1, -0.05) is 12.2 Å². The van der Waals surface area contributed by atoms with E-state index in [1.807, 2.05) is 0 Å². The molecule has 0 radical (unpaired) electrons. The molecule has 0 aliphatic heterocycles. The Morgan fingerprint density at radius 2 is 2.31 bits per heavy atom. The van der Waals surface area contributed by atoms with Gasteiger partial charge in [0.25, 0.3) is 0 Å². The van der Waals surface area contributed by atoms with Crippen LogP contribution in [-0.2, 0) is 4.79 Å². The average molecular weight is 188 g/mol. The van der Waals surface area contributed by atoms with E-state index in [0.717, 1.165) is 0 Å². The number of aliphatic hydroxyl groups excluding tert-OH is 1. The number of rotatable bonds is 1. The van der Waals surface area contributed by atoms with Crippen LogP contribution in [0, 0.1) is 0 Å². The molecule has 1 aliphatic rings. The fourth-order valence-corrected chi connectivity index (χ4v) is 0.860. The minimum absolute atomic E-state index is 0. The van der Waals surface area contributed by atoms with Gasteiger partial charge in [0.05, 0.1) is 5.97 Å². The molecular weight excluding hydrogens is 183 g/mol. The fraction of sp³-hybridized carbons (Fsp3) is 0.143. The summed E-state index contributed by atoms with van der Waals surface area (Å²) < 4.78 is 0. The molecule has 0 saturated carbocycles. The summed E-state index contributed by atoms with van der Waals surface area (Å²) in [5.41, 5.74) is 7.87. The molecule has 1 atom stereocenters. The van der Waals surface area contributed by atoms with Crippen LogP contribution in [0.3, 0.4) is 0 Å². The number of carbonyl (C=O) groups is 1. The maximum absolute atomic E-state index is 10.3. The number of carboxylic acid groups (broad SMARTS) is 1. The Balaban J connectivity index is 0.00000144. The summed E-state index contributed by atoms with van der Waals surface area (Å²) in [4.78, 5) is 13.0. The van der Waals surface area contributed by atoms with Gasteiger partial charge in [-0.2, -0.15) is 4.79 Å². The monoisotopic (exact) mass is 188 g/mol. The summed E-state index contributed by atoms with van der Waals surface area (Å²) in [7, 11) is 0. The van der Waals surface area contributed by atoms with E-state index < -0.39 is 12.1 Å². The van der Waals surface area contributed by atoms with Crippen LogP contribution < -0.4 is 34.7 Å². The second-order valence-corrected chi connectivity index (χ2v) is 2.20. The minimum atomic E-state index is -1.48. The molecule has 0 amide bonds. The van der Waals surface area contributed by atoms with Crippen molar-refractivity contribution in [3.8, 4) is 0 Å². The quantitative estimate of drug-likeness (QED) is 0.254. The third-order valence-electron chi connectivity index (χ3n) is 1.47. The first-order valence-electron chi connectivity index (χ1n) is 3.16. The summed E-state index contributed by atoms with van der Waals surface area (Å²) in [6.45, 7) is 0. The number of nitrogens with zero attached hydrogens (tertiary/aromatic N) is 2. The largest absolute Gasteiger partial charge is 1.00 e. The molecule has 0 aromatic carbocycles. The van der Waals surface area contributed by atoms with Crippen molar-refractivity contribution in [2.75, 3.05) is 0 Å². The Bertz CT molecular complexity index is 329. The van der Waals surface area contributed by atoms with Crippen molar-refractivity contribution in [1.82, 2.24) is 0 Å². The maximum Gasteiger partial charge on any atom is 1.00 e. The van der Waals surface area contributed by atoms with Crippen LogP contribution >= 0.6 is 0 Å². The normalized spacial score (nSPS) is 19.9. The molecule has 0 aromatic heterocycles.